The van der Waals surface area contributed by atoms with Gasteiger partial charge in [0.2, 0.25) is 0 Å². The van der Waals surface area contributed by atoms with Crippen LogP contribution in [0.3, 0.4) is 0 Å². The molecule has 0 saturated heterocycles. The molecule has 3 aromatic rings. The van der Waals surface area contributed by atoms with Crippen LogP contribution in [0, 0.1) is 0 Å². The fraction of sp³-hybridized carbons (Fsp3) is 0.500. The fourth-order valence-corrected chi connectivity index (χ4v) is 5.55. The standard InChI is InChI=1S/C22H27ClN6O6S/c1-5-34-22-19-16(6-7-24-22)21-28-27-17(29(21)15(10-32-3)11-35-19)12-36(30,31)13(2)18(33-4)20-25-8-14(23)9-26-20/h6-9,13,15,18H,5,10-12H2,1-4H3/t13-,15-,18-/m0/s1. The van der Waals surface area contributed by atoms with E-state index in [-0.39, 0.29) is 30.9 Å². The summed E-state index contributed by atoms with van der Waals surface area (Å²) in [6.07, 6.45) is 3.46. The quantitative estimate of drug-likeness (QED) is 0.375. The molecule has 14 heteroatoms. The zero-order chi connectivity index (χ0) is 25.9. The summed E-state index contributed by atoms with van der Waals surface area (Å²) in [5, 5.41) is 7.93. The summed E-state index contributed by atoms with van der Waals surface area (Å²) in [6.45, 7) is 4.23. The monoisotopic (exact) mass is 538 g/mol. The highest BCUT2D eigenvalue weighted by Crippen LogP contribution is 2.40. The molecule has 0 spiro atoms. The number of aromatic nitrogens is 6. The second-order valence-corrected chi connectivity index (χ2v) is 10.9. The average molecular weight is 539 g/mol. The summed E-state index contributed by atoms with van der Waals surface area (Å²) in [5.74, 6) is 1.26. The van der Waals surface area contributed by atoms with Crippen LogP contribution < -0.4 is 9.47 Å². The van der Waals surface area contributed by atoms with Crippen LogP contribution >= 0.6 is 11.6 Å². The molecule has 0 aliphatic carbocycles. The van der Waals surface area contributed by atoms with Gasteiger partial charge >= 0.3 is 0 Å². The minimum absolute atomic E-state index is 0.180. The van der Waals surface area contributed by atoms with Crippen molar-refractivity contribution in [3.05, 3.63) is 41.3 Å². The lowest BCUT2D eigenvalue weighted by atomic mass is 10.2. The van der Waals surface area contributed by atoms with E-state index in [4.69, 9.17) is 30.5 Å². The molecule has 0 amide bonds. The number of ether oxygens (including phenoxy) is 4. The number of fused-ring (bicyclic) bond motifs is 3. The molecule has 0 unspecified atom stereocenters. The van der Waals surface area contributed by atoms with Crippen LogP contribution in [-0.4, -0.2) is 77.4 Å². The van der Waals surface area contributed by atoms with Gasteiger partial charge in [0.1, 0.15) is 24.3 Å². The van der Waals surface area contributed by atoms with E-state index >= 15 is 0 Å². The summed E-state index contributed by atoms with van der Waals surface area (Å²) < 4.78 is 51.3. The SMILES string of the molecule is CCOc1nccc2c1OC[C@H](COC)n1c(CS(=O)(=O)[C@@H](C)[C@H](OC)c3ncc(Cl)cn3)nnc1-2. The maximum Gasteiger partial charge on any atom is 0.257 e. The molecule has 1 aliphatic heterocycles. The zero-order valence-corrected chi connectivity index (χ0v) is 21.9. The predicted molar refractivity (Wildman–Crippen MR) is 130 cm³/mol. The van der Waals surface area contributed by atoms with Gasteiger partial charge in [0.05, 0.1) is 35.1 Å². The Kier molecular flexibility index (Phi) is 8.03. The van der Waals surface area contributed by atoms with Gasteiger partial charge in [-0.05, 0) is 19.9 Å². The van der Waals surface area contributed by atoms with Gasteiger partial charge in [-0.15, -0.1) is 10.2 Å². The van der Waals surface area contributed by atoms with Crippen molar-refractivity contribution >= 4 is 21.4 Å². The molecule has 12 nitrogen and oxygen atoms in total. The summed E-state index contributed by atoms with van der Waals surface area (Å²) in [4.78, 5) is 12.5. The van der Waals surface area contributed by atoms with Crippen molar-refractivity contribution in [3.8, 4) is 23.0 Å². The molecule has 3 aromatic heterocycles. The lowest BCUT2D eigenvalue weighted by Crippen LogP contribution is -2.31. The van der Waals surface area contributed by atoms with Gasteiger partial charge in [0.15, 0.2) is 27.2 Å². The van der Waals surface area contributed by atoms with Crippen molar-refractivity contribution in [2.45, 2.75) is 37.0 Å². The molecule has 0 saturated carbocycles. The molecule has 4 rings (SSSR count). The van der Waals surface area contributed by atoms with Gasteiger partial charge in [0.25, 0.3) is 5.88 Å². The van der Waals surface area contributed by atoms with Gasteiger partial charge in [-0.3, -0.25) is 0 Å². The van der Waals surface area contributed by atoms with Gasteiger partial charge in [-0.2, -0.15) is 0 Å². The highest BCUT2D eigenvalue weighted by molar-refractivity contribution is 7.91. The molecular weight excluding hydrogens is 512 g/mol. The Morgan fingerprint density at radius 1 is 1.22 bits per heavy atom. The first-order valence-corrected chi connectivity index (χ1v) is 13.3. The first kappa shape index (κ1) is 26.2. The van der Waals surface area contributed by atoms with Gasteiger partial charge in [-0.1, -0.05) is 11.6 Å². The first-order valence-electron chi connectivity index (χ1n) is 11.2. The normalized spacial score (nSPS) is 16.9. The van der Waals surface area contributed by atoms with Gasteiger partial charge in [-0.25, -0.2) is 23.4 Å². The van der Waals surface area contributed by atoms with E-state index in [1.165, 1.54) is 19.5 Å². The van der Waals surface area contributed by atoms with Gasteiger partial charge < -0.3 is 23.5 Å². The minimum Gasteiger partial charge on any atom is -0.485 e. The highest BCUT2D eigenvalue weighted by atomic mass is 35.5. The fourth-order valence-electron chi connectivity index (χ4n) is 4.02. The third-order valence-electron chi connectivity index (χ3n) is 5.78. The van der Waals surface area contributed by atoms with E-state index in [1.54, 1.807) is 30.9 Å². The second-order valence-electron chi connectivity index (χ2n) is 8.08. The molecule has 0 bridgehead atoms. The molecule has 36 heavy (non-hydrogen) atoms. The van der Waals surface area contributed by atoms with E-state index in [1.807, 2.05) is 6.92 Å². The van der Waals surface area contributed by atoms with E-state index in [9.17, 15) is 8.42 Å². The van der Waals surface area contributed by atoms with E-state index in [0.29, 0.717) is 34.6 Å². The lowest BCUT2D eigenvalue weighted by molar-refractivity contribution is 0.0947. The van der Waals surface area contributed by atoms with Crippen LogP contribution in [0.2, 0.25) is 5.02 Å². The zero-order valence-electron chi connectivity index (χ0n) is 20.3. The Morgan fingerprint density at radius 2 is 1.97 bits per heavy atom. The van der Waals surface area contributed by atoms with Crippen LogP contribution in [0.4, 0.5) is 0 Å². The molecule has 0 fully saturated rings. The van der Waals surface area contributed by atoms with Crippen LogP contribution in [0.5, 0.6) is 11.6 Å². The molecular formula is C22H27ClN6O6S. The molecule has 0 N–H and O–H groups in total. The summed E-state index contributed by atoms with van der Waals surface area (Å²) in [7, 11) is -0.845. The van der Waals surface area contributed by atoms with Crippen molar-refractivity contribution < 1.29 is 27.4 Å². The Hall–Kier alpha value is -2.87. The number of pyridine rings is 1. The van der Waals surface area contributed by atoms with Crippen LogP contribution in [0.15, 0.2) is 24.7 Å². The smallest absolute Gasteiger partial charge is 0.257 e. The number of sulfone groups is 1. The summed E-state index contributed by atoms with van der Waals surface area (Å²) in [5.41, 5.74) is 0.598. The Bertz CT molecular complexity index is 1300. The van der Waals surface area contributed by atoms with E-state index in [2.05, 4.69) is 25.1 Å². The molecule has 4 heterocycles. The number of halogens is 1. The van der Waals surface area contributed by atoms with Crippen molar-refractivity contribution in [3.63, 3.8) is 0 Å². The predicted octanol–water partition coefficient (Wildman–Crippen LogP) is 2.45. The third kappa shape index (κ3) is 5.14. The number of nitrogens with zero attached hydrogens (tertiary/aromatic N) is 6. The van der Waals surface area contributed by atoms with Crippen LogP contribution in [0.1, 0.15) is 37.6 Å². The van der Waals surface area contributed by atoms with Crippen LogP contribution in [0.25, 0.3) is 11.4 Å². The second kappa shape index (κ2) is 11.0. The molecule has 0 radical (unpaired) electrons. The van der Waals surface area contributed by atoms with Crippen molar-refractivity contribution in [1.29, 1.82) is 0 Å². The van der Waals surface area contributed by atoms with E-state index in [0.717, 1.165) is 0 Å². The first-order chi connectivity index (χ1) is 17.3. The van der Waals surface area contributed by atoms with Gasteiger partial charge in [0, 0.05) is 32.8 Å². The number of rotatable bonds is 10. The topological polar surface area (TPSA) is 140 Å². The number of hydrogen-bond donors (Lipinski definition) is 0. The third-order valence-corrected chi connectivity index (χ3v) is 8.01. The molecule has 194 valence electrons. The van der Waals surface area contributed by atoms with Crippen molar-refractivity contribution in [1.82, 2.24) is 29.7 Å². The maximum absolute atomic E-state index is 13.5. The minimum atomic E-state index is -3.81. The molecule has 0 aromatic carbocycles. The van der Waals surface area contributed by atoms with Crippen molar-refractivity contribution in [2.24, 2.45) is 0 Å². The summed E-state index contributed by atoms with van der Waals surface area (Å²) in [6, 6.07) is 1.34. The van der Waals surface area contributed by atoms with E-state index < -0.39 is 26.9 Å². The maximum atomic E-state index is 13.5. The number of methoxy groups -OCH3 is 2. The summed E-state index contributed by atoms with van der Waals surface area (Å²) >= 11 is 5.87. The van der Waals surface area contributed by atoms with Crippen molar-refractivity contribution in [2.75, 3.05) is 34.0 Å². The highest BCUT2D eigenvalue weighted by Gasteiger charge is 2.36. The number of hydrogen-bond acceptors (Lipinski definition) is 11. The Morgan fingerprint density at radius 3 is 2.64 bits per heavy atom. The molecule has 3 atom stereocenters. The largest absolute Gasteiger partial charge is 0.485 e. The Balaban J connectivity index is 1.72. The molecule has 1 aliphatic rings. The average Bonchev–Trinajstić information content (AvgIpc) is 3.18. The lowest BCUT2D eigenvalue weighted by Gasteiger charge is -2.23. The van der Waals surface area contributed by atoms with Crippen LogP contribution in [-0.2, 0) is 25.1 Å². The Labute approximate surface area is 213 Å².